The fourth-order valence-corrected chi connectivity index (χ4v) is 2.18. The number of benzene rings is 1. The largest absolute Gasteiger partial charge is 0.361 e. The molecule has 4 nitrogen and oxygen atoms in total. The van der Waals surface area contributed by atoms with Crippen LogP contribution >= 0.6 is 0 Å². The molecule has 1 aromatic heterocycles. The van der Waals surface area contributed by atoms with Crippen LogP contribution in [0, 0.1) is 11.3 Å². The lowest BCUT2D eigenvalue weighted by Gasteiger charge is -2.18. The maximum Gasteiger partial charge on any atom is 0.255 e. The third-order valence-corrected chi connectivity index (χ3v) is 3.29. The van der Waals surface area contributed by atoms with Gasteiger partial charge in [-0.25, -0.2) is 0 Å². The molecule has 2 aromatic rings. The Bertz CT molecular complexity index is 634. The number of nitrogens with one attached hydrogen (secondary N) is 1. The second-order valence-corrected chi connectivity index (χ2v) is 4.60. The minimum absolute atomic E-state index is 0.0458. The number of fused-ring (bicyclic) bond motifs is 1. The van der Waals surface area contributed by atoms with Crippen molar-refractivity contribution >= 4 is 16.8 Å². The Kier molecular flexibility index (Phi) is 2.52. The molecule has 1 aromatic carbocycles. The predicted molar refractivity (Wildman–Crippen MR) is 68.0 cm³/mol. The standard InChI is InChI=1S/C14H13N3O/c15-6-8-17(12-3-4-12)14(18)11-2-1-10-5-7-16-13(10)9-11/h1-2,5,7,9,12,16H,3-4,8H2. The molecule has 1 heterocycles. The van der Waals surface area contributed by atoms with Crippen LogP contribution in [0.4, 0.5) is 0 Å². The van der Waals surface area contributed by atoms with Gasteiger partial charge in [0.25, 0.3) is 5.91 Å². The summed E-state index contributed by atoms with van der Waals surface area (Å²) < 4.78 is 0. The first-order valence-corrected chi connectivity index (χ1v) is 6.04. The third kappa shape index (κ3) is 1.84. The summed E-state index contributed by atoms with van der Waals surface area (Å²) in [7, 11) is 0. The van der Waals surface area contributed by atoms with E-state index in [2.05, 4.69) is 11.1 Å². The zero-order chi connectivity index (χ0) is 12.5. The molecule has 4 heteroatoms. The van der Waals surface area contributed by atoms with Crippen molar-refractivity contribution in [1.29, 1.82) is 5.26 Å². The van der Waals surface area contributed by atoms with Crippen molar-refractivity contribution in [2.45, 2.75) is 18.9 Å². The lowest BCUT2D eigenvalue weighted by molar-refractivity contribution is 0.0765. The fourth-order valence-electron chi connectivity index (χ4n) is 2.18. The number of rotatable bonds is 3. The van der Waals surface area contributed by atoms with E-state index in [-0.39, 0.29) is 18.5 Å². The molecule has 0 atom stereocenters. The van der Waals surface area contributed by atoms with E-state index >= 15 is 0 Å². The van der Waals surface area contributed by atoms with Crippen LogP contribution in [0.3, 0.4) is 0 Å². The molecular weight excluding hydrogens is 226 g/mol. The summed E-state index contributed by atoms with van der Waals surface area (Å²) in [5, 5.41) is 9.89. The lowest BCUT2D eigenvalue weighted by atomic mass is 10.1. The monoisotopic (exact) mass is 239 g/mol. The van der Waals surface area contributed by atoms with Crippen molar-refractivity contribution < 1.29 is 4.79 Å². The third-order valence-electron chi connectivity index (χ3n) is 3.29. The Morgan fingerprint density at radius 2 is 2.28 bits per heavy atom. The Morgan fingerprint density at radius 1 is 1.44 bits per heavy atom. The molecule has 1 fully saturated rings. The number of aromatic amines is 1. The van der Waals surface area contributed by atoms with Crippen LogP contribution in [0.5, 0.6) is 0 Å². The number of aromatic nitrogens is 1. The molecule has 3 rings (SSSR count). The zero-order valence-corrected chi connectivity index (χ0v) is 9.89. The van der Waals surface area contributed by atoms with Crippen molar-refractivity contribution in [2.24, 2.45) is 0 Å². The quantitative estimate of drug-likeness (QED) is 0.835. The molecule has 1 aliphatic carbocycles. The molecule has 1 saturated carbocycles. The minimum atomic E-state index is -0.0458. The highest BCUT2D eigenvalue weighted by molar-refractivity contribution is 5.98. The van der Waals surface area contributed by atoms with Crippen LogP contribution in [0.15, 0.2) is 30.5 Å². The summed E-state index contributed by atoms with van der Waals surface area (Å²) in [6, 6.07) is 9.90. The van der Waals surface area contributed by atoms with E-state index in [1.54, 1.807) is 4.90 Å². The summed E-state index contributed by atoms with van der Waals surface area (Å²) in [5.41, 5.74) is 1.60. The van der Waals surface area contributed by atoms with Crippen LogP contribution in [-0.4, -0.2) is 28.4 Å². The molecule has 0 spiro atoms. The Morgan fingerprint density at radius 3 is 3.00 bits per heavy atom. The van der Waals surface area contributed by atoms with Gasteiger partial charge in [0.15, 0.2) is 0 Å². The molecule has 1 aliphatic rings. The normalized spacial score (nSPS) is 14.4. The van der Waals surface area contributed by atoms with Gasteiger partial charge in [-0.3, -0.25) is 4.79 Å². The van der Waals surface area contributed by atoms with E-state index in [4.69, 9.17) is 5.26 Å². The van der Waals surface area contributed by atoms with Gasteiger partial charge >= 0.3 is 0 Å². The maximum atomic E-state index is 12.3. The SMILES string of the molecule is N#CCN(C(=O)c1ccc2cc[nH]c2c1)C1CC1. The number of amides is 1. The Balaban J connectivity index is 1.92. The van der Waals surface area contributed by atoms with Crippen molar-refractivity contribution in [3.8, 4) is 6.07 Å². The van der Waals surface area contributed by atoms with Gasteiger partial charge in [0, 0.05) is 23.3 Å². The number of nitrogens with zero attached hydrogens (tertiary/aromatic N) is 2. The number of nitriles is 1. The van der Waals surface area contributed by atoms with Crippen molar-refractivity contribution in [3.63, 3.8) is 0 Å². The van der Waals surface area contributed by atoms with E-state index in [1.807, 2.05) is 30.5 Å². The molecule has 0 bridgehead atoms. The first-order valence-electron chi connectivity index (χ1n) is 6.04. The molecule has 1 amide bonds. The van der Waals surface area contributed by atoms with E-state index < -0.39 is 0 Å². The van der Waals surface area contributed by atoms with Gasteiger partial charge in [0.05, 0.1) is 6.07 Å². The number of hydrogen-bond acceptors (Lipinski definition) is 2. The maximum absolute atomic E-state index is 12.3. The van der Waals surface area contributed by atoms with E-state index in [0.29, 0.717) is 5.56 Å². The summed E-state index contributed by atoms with van der Waals surface area (Å²) in [5.74, 6) is -0.0458. The topological polar surface area (TPSA) is 59.9 Å². The second-order valence-electron chi connectivity index (χ2n) is 4.60. The predicted octanol–water partition coefficient (Wildman–Crippen LogP) is 2.30. The van der Waals surface area contributed by atoms with Crippen LogP contribution in [0.2, 0.25) is 0 Å². The summed E-state index contributed by atoms with van der Waals surface area (Å²) >= 11 is 0. The Hall–Kier alpha value is -2.28. The summed E-state index contributed by atoms with van der Waals surface area (Å²) in [6.07, 6.45) is 3.88. The molecule has 1 N–H and O–H groups in total. The number of hydrogen-bond donors (Lipinski definition) is 1. The Labute approximate surface area is 105 Å². The molecule has 0 saturated heterocycles. The van der Waals surface area contributed by atoms with Gasteiger partial charge in [-0.15, -0.1) is 0 Å². The van der Waals surface area contributed by atoms with Crippen LogP contribution in [-0.2, 0) is 0 Å². The highest BCUT2D eigenvalue weighted by atomic mass is 16.2. The highest BCUT2D eigenvalue weighted by Crippen LogP contribution is 2.28. The minimum Gasteiger partial charge on any atom is -0.361 e. The van der Waals surface area contributed by atoms with Crippen LogP contribution < -0.4 is 0 Å². The van der Waals surface area contributed by atoms with E-state index in [1.165, 1.54) is 0 Å². The molecule has 90 valence electrons. The van der Waals surface area contributed by atoms with Crippen LogP contribution in [0.1, 0.15) is 23.2 Å². The molecular formula is C14H13N3O. The van der Waals surface area contributed by atoms with Gasteiger partial charge in [-0.2, -0.15) is 5.26 Å². The second kappa shape index (κ2) is 4.19. The van der Waals surface area contributed by atoms with Gasteiger partial charge in [0.2, 0.25) is 0 Å². The zero-order valence-electron chi connectivity index (χ0n) is 9.89. The summed E-state index contributed by atoms with van der Waals surface area (Å²) in [4.78, 5) is 17.1. The highest BCUT2D eigenvalue weighted by Gasteiger charge is 2.32. The smallest absolute Gasteiger partial charge is 0.255 e. The molecule has 0 unspecified atom stereocenters. The lowest BCUT2D eigenvalue weighted by Crippen LogP contribution is -2.33. The van der Waals surface area contributed by atoms with Crippen LogP contribution in [0.25, 0.3) is 10.9 Å². The average molecular weight is 239 g/mol. The van der Waals surface area contributed by atoms with Gasteiger partial charge < -0.3 is 9.88 Å². The first kappa shape index (κ1) is 10.8. The van der Waals surface area contributed by atoms with Crippen molar-refractivity contribution in [3.05, 3.63) is 36.0 Å². The average Bonchev–Trinajstić information content (AvgIpc) is 3.12. The van der Waals surface area contributed by atoms with Gasteiger partial charge in [0.1, 0.15) is 6.54 Å². The van der Waals surface area contributed by atoms with Gasteiger partial charge in [-0.1, -0.05) is 6.07 Å². The van der Waals surface area contributed by atoms with Gasteiger partial charge in [-0.05, 0) is 36.4 Å². The summed E-state index contributed by atoms with van der Waals surface area (Å²) in [6.45, 7) is 0.173. The van der Waals surface area contributed by atoms with E-state index in [0.717, 1.165) is 23.7 Å². The van der Waals surface area contributed by atoms with Crippen molar-refractivity contribution in [1.82, 2.24) is 9.88 Å². The number of carbonyl (C=O) groups is 1. The van der Waals surface area contributed by atoms with E-state index in [9.17, 15) is 4.79 Å². The van der Waals surface area contributed by atoms with Crippen molar-refractivity contribution in [2.75, 3.05) is 6.54 Å². The first-order chi connectivity index (χ1) is 8.79. The fraction of sp³-hybridized carbons (Fsp3) is 0.286. The number of H-pyrrole nitrogens is 1. The number of carbonyl (C=O) groups excluding carboxylic acids is 1. The molecule has 0 radical (unpaired) electrons. The molecule has 0 aliphatic heterocycles. The molecule has 18 heavy (non-hydrogen) atoms.